The van der Waals surface area contributed by atoms with Crippen molar-refractivity contribution in [2.45, 2.75) is 25.7 Å². The van der Waals surface area contributed by atoms with Gasteiger partial charge in [0.05, 0.1) is 6.20 Å². The van der Waals surface area contributed by atoms with Crippen LogP contribution in [0, 0.1) is 5.82 Å². The Bertz CT molecular complexity index is 635. The second kappa shape index (κ2) is 5.09. The van der Waals surface area contributed by atoms with Gasteiger partial charge in [0, 0.05) is 11.9 Å². The van der Waals surface area contributed by atoms with Crippen LogP contribution in [-0.2, 0) is 0 Å². The van der Waals surface area contributed by atoms with Crippen molar-refractivity contribution < 1.29 is 4.39 Å². The molecule has 2 aromatic heterocycles. The Morgan fingerprint density at radius 1 is 1.32 bits per heavy atom. The smallest absolute Gasteiger partial charge is 0.223 e. The van der Waals surface area contributed by atoms with Gasteiger partial charge < -0.3 is 0 Å². The van der Waals surface area contributed by atoms with Gasteiger partial charge >= 0.3 is 0 Å². The number of nitrogens with zero attached hydrogens (tertiary/aromatic N) is 4. The molecule has 6 heteroatoms. The molecule has 19 heavy (non-hydrogen) atoms. The van der Waals surface area contributed by atoms with Crippen molar-refractivity contribution in [2.75, 3.05) is 0 Å². The second-order valence-electron chi connectivity index (χ2n) is 4.42. The number of hydrogen-bond donors (Lipinski definition) is 0. The number of aromatic nitrogens is 4. The highest BCUT2D eigenvalue weighted by Crippen LogP contribution is 2.24. The van der Waals surface area contributed by atoms with Gasteiger partial charge in [-0.15, -0.1) is 0 Å². The van der Waals surface area contributed by atoms with Crippen molar-refractivity contribution in [1.82, 2.24) is 19.7 Å². The van der Waals surface area contributed by atoms with Gasteiger partial charge in [0.15, 0.2) is 5.82 Å². The van der Waals surface area contributed by atoms with Gasteiger partial charge in [0.2, 0.25) is 5.28 Å². The molecule has 3 rings (SSSR count). The van der Waals surface area contributed by atoms with E-state index in [0.717, 1.165) is 31.2 Å². The second-order valence-corrected chi connectivity index (χ2v) is 4.76. The highest BCUT2D eigenvalue weighted by Gasteiger charge is 2.13. The Labute approximate surface area is 114 Å². The fourth-order valence-electron chi connectivity index (χ4n) is 2.16. The Kier molecular flexibility index (Phi) is 3.29. The maximum Gasteiger partial charge on any atom is 0.223 e. The van der Waals surface area contributed by atoms with Crippen LogP contribution in [0.15, 0.2) is 24.5 Å². The molecular weight excluding hydrogens is 267 g/mol. The molecule has 98 valence electrons. The molecule has 0 atom stereocenters. The third-order valence-electron chi connectivity index (χ3n) is 3.11. The summed E-state index contributed by atoms with van der Waals surface area (Å²) in [6.07, 6.45) is 9.49. The zero-order chi connectivity index (χ0) is 13.2. The predicted molar refractivity (Wildman–Crippen MR) is 71.0 cm³/mol. The first kappa shape index (κ1) is 12.3. The van der Waals surface area contributed by atoms with E-state index in [0.29, 0.717) is 5.69 Å². The molecule has 2 aromatic rings. The van der Waals surface area contributed by atoms with Crippen LogP contribution < -0.4 is 0 Å². The lowest BCUT2D eigenvalue weighted by Gasteiger charge is -2.12. The largest absolute Gasteiger partial charge is 0.245 e. The summed E-state index contributed by atoms with van der Waals surface area (Å²) in [7, 11) is 0. The van der Waals surface area contributed by atoms with E-state index in [1.807, 2.05) is 6.20 Å². The minimum Gasteiger partial charge on any atom is -0.245 e. The summed E-state index contributed by atoms with van der Waals surface area (Å²) in [5.74, 6) is -0.521. The molecule has 0 amide bonds. The third kappa shape index (κ3) is 2.51. The Morgan fingerprint density at radius 3 is 3.00 bits per heavy atom. The van der Waals surface area contributed by atoms with Crippen LogP contribution in [0.2, 0.25) is 5.28 Å². The van der Waals surface area contributed by atoms with E-state index in [9.17, 15) is 4.39 Å². The van der Waals surface area contributed by atoms with E-state index in [4.69, 9.17) is 11.6 Å². The van der Waals surface area contributed by atoms with E-state index in [1.165, 1.54) is 6.42 Å². The lowest BCUT2D eigenvalue weighted by Crippen LogP contribution is -2.02. The highest BCUT2D eigenvalue weighted by atomic mass is 35.5. The molecule has 0 spiro atoms. The molecule has 0 radical (unpaired) electrons. The molecule has 0 aliphatic heterocycles. The molecule has 0 fully saturated rings. The molecule has 1 aliphatic rings. The van der Waals surface area contributed by atoms with Crippen molar-refractivity contribution in [3.05, 3.63) is 35.6 Å². The Balaban J connectivity index is 1.96. The summed E-state index contributed by atoms with van der Waals surface area (Å²) in [6.45, 7) is 0. The maximum absolute atomic E-state index is 13.7. The van der Waals surface area contributed by atoms with E-state index >= 15 is 0 Å². The normalized spacial score (nSPS) is 15.4. The van der Waals surface area contributed by atoms with Gasteiger partial charge in [0.1, 0.15) is 11.4 Å². The SMILES string of the molecule is Fc1cnc(Cl)nc1-c1ccn(C2=CCCCC2)n1. The van der Waals surface area contributed by atoms with Gasteiger partial charge in [-0.05, 0) is 43.4 Å². The van der Waals surface area contributed by atoms with Gasteiger partial charge in [-0.25, -0.2) is 19.0 Å². The molecular formula is C13H12ClFN4. The van der Waals surface area contributed by atoms with Crippen LogP contribution in [0.5, 0.6) is 0 Å². The zero-order valence-corrected chi connectivity index (χ0v) is 10.9. The first-order valence-corrected chi connectivity index (χ1v) is 6.55. The maximum atomic E-state index is 13.7. The summed E-state index contributed by atoms with van der Waals surface area (Å²) >= 11 is 5.69. The average Bonchev–Trinajstić information content (AvgIpc) is 2.92. The molecule has 0 bridgehead atoms. The van der Waals surface area contributed by atoms with Gasteiger partial charge in [-0.3, -0.25) is 0 Å². The van der Waals surface area contributed by atoms with Crippen molar-refractivity contribution in [3.8, 4) is 11.4 Å². The molecule has 0 saturated carbocycles. The standard InChI is InChI=1S/C13H12ClFN4/c14-13-16-8-10(15)12(17-13)11-6-7-19(18-11)9-4-2-1-3-5-9/h4,6-8H,1-3,5H2. The summed E-state index contributed by atoms with van der Waals surface area (Å²) in [5.41, 5.74) is 1.75. The van der Waals surface area contributed by atoms with Crippen LogP contribution in [0.3, 0.4) is 0 Å². The number of hydrogen-bond acceptors (Lipinski definition) is 3. The topological polar surface area (TPSA) is 43.6 Å². The van der Waals surface area contributed by atoms with E-state index < -0.39 is 5.82 Å². The van der Waals surface area contributed by atoms with E-state index in [-0.39, 0.29) is 11.0 Å². The minimum absolute atomic E-state index is 0.0165. The monoisotopic (exact) mass is 278 g/mol. The summed E-state index contributed by atoms with van der Waals surface area (Å²) < 4.78 is 15.4. The zero-order valence-electron chi connectivity index (χ0n) is 10.2. The first-order valence-electron chi connectivity index (χ1n) is 6.17. The van der Waals surface area contributed by atoms with Crippen molar-refractivity contribution >= 4 is 17.3 Å². The first-order chi connectivity index (χ1) is 9.24. The Morgan fingerprint density at radius 2 is 2.21 bits per heavy atom. The van der Waals surface area contributed by atoms with Gasteiger partial charge in [0.25, 0.3) is 0 Å². The van der Waals surface area contributed by atoms with Crippen molar-refractivity contribution in [1.29, 1.82) is 0 Å². The highest BCUT2D eigenvalue weighted by molar-refractivity contribution is 6.28. The van der Waals surface area contributed by atoms with Gasteiger partial charge in [-0.1, -0.05) is 6.08 Å². The number of allylic oxidation sites excluding steroid dienone is 2. The Hall–Kier alpha value is -1.75. The molecule has 0 aromatic carbocycles. The van der Waals surface area contributed by atoms with Crippen LogP contribution in [0.1, 0.15) is 25.7 Å². The fraction of sp³-hybridized carbons (Fsp3) is 0.308. The molecule has 0 saturated heterocycles. The average molecular weight is 279 g/mol. The van der Waals surface area contributed by atoms with Crippen LogP contribution in [-0.4, -0.2) is 19.7 Å². The summed E-state index contributed by atoms with van der Waals surface area (Å²) in [5, 5.41) is 4.38. The molecule has 0 N–H and O–H groups in total. The third-order valence-corrected chi connectivity index (χ3v) is 3.29. The fourth-order valence-corrected chi connectivity index (χ4v) is 2.30. The lowest BCUT2D eigenvalue weighted by atomic mass is 10.1. The van der Waals surface area contributed by atoms with Crippen LogP contribution >= 0.6 is 11.6 Å². The van der Waals surface area contributed by atoms with Crippen LogP contribution in [0.25, 0.3) is 17.1 Å². The summed E-state index contributed by atoms with van der Waals surface area (Å²) in [4.78, 5) is 7.48. The van der Waals surface area contributed by atoms with E-state index in [1.54, 1.807) is 10.7 Å². The minimum atomic E-state index is -0.521. The summed E-state index contributed by atoms with van der Waals surface area (Å²) in [6, 6.07) is 1.73. The van der Waals surface area contributed by atoms with Crippen molar-refractivity contribution in [2.24, 2.45) is 0 Å². The molecule has 1 aliphatic carbocycles. The van der Waals surface area contributed by atoms with E-state index in [2.05, 4.69) is 21.1 Å². The molecule has 0 unspecified atom stereocenters. The number of halogens is 2. The van der Waals surface area contributed by atoms with Crippen LogP contribution in [0.4, 0.5) is 4.39 Å². The lowest BCUT2D eigenvalue weighted by molar-refractivity contribution is 0.616. The van der Waals surface area contributed by atoms with Crippen molar-refractivity contribution in [3.63, 3.8) is 0 Å². The molecule has 4 nitrogen and oxygen atoms in total. The predicted octanol–water partition coefficient (Wildman–Crippen LogP) is 3.55. The number of rotatable bonds is 2. The molecule has 2 heterocycles. The van der Waals surface area contributed by atoms with Gasteiger partial charge in [-0.2, -0.15) is 5.10 Å². The quantitative estimate of drug-likeness (QED) is 0.789.